The van der Waals surface area contributed by atoms with Crippen LogP contribution in [0.4, 0.5) is 4.79 Å². The molecule has 6 nitrogen and oxygen atoms in total. The minimum Gasteiger partial charge on any atom is -0.481 e. The predicted molar refractivity (Wildman–Crippen MR) is 77.9 cm³/mol. The molecule has 0 unspecified atom stereocenters. The van der Waals surface area contributed by atoms with Gasteiger partial charge in [0.1, 0.15) is 0 Å². The van der Waals surface area contributed by atoms with Gasteiger partial charge in [-0.25, -0.2) is 4.79 Å². The molecule has 1 aromatic heterocycles. The maximum atomic E-state index is 12.0. The number of carbonyl (C=O) groups excluding carboxylic acids is 1. The zero-order chi connectivity index (χ0) is 15.1. The average Bonchev–Trinajstić information content (AvgIpc) is 2.48. The second-order valence-corrected chi connectivity index (χ2v) is 5.37. The van der Waals surface area contributed by atoms with Crippen LogP contribution < -0.4 is 5.32 Å². The van der Waals surface area contributed by atoms with E-state index in [-0.39, 0.29) is 18.4 Å². The van der Waals surface area contributed by atoms with Gasteiger partial charge in [0.05, 0.1) is 0 Å². The number of rotatable bonds is 5. The van der Waals surface area contributed by atoms with E-state index in [0.29, 0.717) is 19.6 Å². The van der Waals surface area contributed by atoms with Crippen LogP contribution >= 0.6 is 0 Å². The molecule has 2 N–H and O–H groups in total. The Bertz CT molecular complexity index is 470. The summed E-state index contributed by atoms with van der Waals surface area (Å²) in [5.41, 5.74) is 1.10. The Balaban J connectivity index is 1.67. The van der Waals surface area contributed by atoms with Crippen LogP contribution in [0.1, 0.15) is 24.8 Å². The molecule has 0 spiro atoms. The lowest BCUT2D eigenvalue weighted by atomic mass is 9.94. The van der Waals surface area contributed by atoms with Crippen LogP contribution in [0.3, 0.4) is 0 Å². The number of carboxylic acids is 1. The van der Waals surface area contributed by atoms with E-state index in [0.717, 1.165) is 24.8 Å². The fourth-order valence-corrected chi connectivity index (χ4v) is 2.56. The van der Waals surface area contributed by atoms with Gasteiger partial charge in [-0.3, -0.25) is 9.78 Å². The fraction of sp³-hybridized carbons (Fsp3) is 0.533. The fourth-order valence-electron chi connectivity index (χ4n) is 2.56. The molecule has 0 aromatic carbocycles. The maximum absolute atomic E-state index is 12.0. The molecule has 2 heterocycles. The molecule has 0 atom stereocenters. The average molecular weight is 291 g/mol. The van der Waals surface area contributed by atoms with Crippen molar-refractivity contribution in [3.8, 4) is 0 Å². The van der Waals surface area contributed by atoms with E-state index in [2.05, 4.69) is 10.3 Å². The van der Waals surface area contributed by atoms with Gasteiger partial charge in [-0.05, 0) is 36.8 Å². The number of carbonyl (C=O) groups is 2. The number of likely N-dealkylation sites (tertiary alicyclic amines) is 1. The molecule has 0 bridgehead atoms. The number of aliphatic carboxylic acids is 1. The van der Waals surface area contributed by atoms with Gasteiger partial charge in [0.25, 0.3) is 0 Å². The summed E-state index contributed by atoms with van der Waals surface area (Å²) >= 11 is 0. The number of carboxylic acid groups (broad SMARTS) is 1. The van der Waals surface area contributed by atoms with Crippen molar-refractivity contribution in [2.45, 2.75) is 25.7 Å². The molecule has 1 saturated heterocycles. The number of piperidine rings is 1. The van der Waals surface area contributed by atoms with Gasteiger partial charge in [0.15, 0.2) is 0 Å². The molecule has 1 aromatic rings. The quantitative estimate of drug-likeness (QED) is 0.861. The summed E-state index contributed by atoms with van der Waals surface area (Å²) in [5.74, 6) is -0.559. The smallest absolute Gasteiger partial charge is 0.317 e. The number of hydrogen-bond donors (Lipinski definition) is 2. The number of pyridine rings is 1. The number of nitrogens with zero attached hydrogens (tertiary/aromatic N) is 2. The van der Waals surface area contributed by atoms with Crippen LogP contribution in [0.15, 0.2) is 24.5 Å². The summed E-state index contributed by atoms with van der Waals surface area (Å²) in [7, 11) is 0. The van der Waals surface area contributed by atoms with E-state index in [1.54, 1.807) is 17.3 Å². The summed E-state index contributed by atoms with van der Waals surface area (Å²) in [4.78, 5) is 28.5. The van der Waals surface area contributed by atoms with Gasteiger partial charge in [0, 0.05) is 38.4 Å². The lowest BCUT2D eigenvalue weighted by Gasteiger charge is -2.31. The highest BCUT2D eigenvalue weighted by Gasteiger charge is 2.23. The Hall–Kier alpha value is -2.11. The lowest BCUT2D eigenvalue weighted by Crippen LogP contribution is -2.45. The first-order valence-electron chi connectivity index (χ1n) is 7.28. The van der Waals surface area contributed by atoms with Crippen LogP contribution in [0.5, 0.6) is 0 Å². The number of aromatic nitrogens is 1. The molecule has 21 heavy (non-hydrogen) atoms. The minimum atomic E-state index is -0.755. The first-order chi connectivity index (χ1) is 10.1. The minimum absolute atomic E-state index is 0.0623. The maximum Gasteiger partial charge on any atom is 0.317 e. The molecular weight excluding hydrogens is 270 g/mol. The van der Waals surface area contributed by atoms with E-state index in [1.165, 1.54) is 0 Å². The highest BCUT2D eigenvalue weighted by molar-refractivity contribution is 5.74. The lowest BCUT2D eigenvalue weighted by molar-refractivity contribution is -0.138. The Kier molecular flexibility index (Phi) is 5.54. The van der Waals surface area contributed by atoms with E-state index >= 15 is 0 Å². The zero-order valence-corrected chi connectivity index (χ0v) is 12.0. The summed E-state index contributed by atoms with van der Waals surface area (Å²) < 4.78 is 0. The third-order valence-electron chi connectivity index (χ3n) is 3.78. The number of urea groups is 1. The van der Waals surface area contributed by atoms with Gasteiger partial charge in [-0.2, -0.15) is 0 Å². The van der Waals surface area contributed by atoms with Crippen molar-refractivity contribution in [3.05, 3.63) is 30.1 Å². The van der Waals surface area contributed by atoms with E-state index < -0.39 is 5.97 Å². The van der Waals surface area contributed by atoms with Crippen molar-refractivity contribution in [1.82, 2.24) is 15.2 Å². The van der Waals surface area contributed by atoms with Gasteiger partial charge in [0.2, 0.25) is 0 Å². The number of hydrogen-bond acceptors (Lipinski definition) is 3. The molecule has 1 fully saturated rings. The Morgan fingerprint density at radius 2 is 2.14 bits per heavy atom. The van der Waals surface area contributed by atoms with Crippen molar-refractivity contribution in [1.29, 1.82) is 0 Å². The molecular formula is C15H21N3O3. The largest absolute Gasteiger partial charge is 0.481 e. The second kappa shape index (κ2) is 7.61. The van der Waals surface area contributed by atoms with Crippen LogP contribution in [0.25, 0.3) is 0 Å². The second-order valence-electron chi connectivity index (χ2n) is 5.37. The molecule has 1 aliphatic heterocycles. The third-order valence-corrected chi connectivity index (χ3v) is 3.78. The highest BCUT2D eigenvalue weighted by atomic mass is 16.4. The van der Waals surface area contributed by atoms with Crippen molar-refractivity contribution in [2.75, 3.05) is 19.6 Å². The topological polar surface area (TPSA) is 82.5 Å². The third kappa shape index (κ3) is 5.06. The number of nitrogens with one attached hydrogen (secondary N) is 1. The van der Waals surface area contributed by atoms with E-state index in [4.69, 9.17) is 5.11 Å². The molecule has 1 aliphatic rings. The summed E-state index contributed by atoms with van der Waals surface area (Å²) in [6.45, 7) is 1.85. The van der Waals surface area contributed by atoms with Crippen molar-refractivity contribution in [2.24, 2.45) is 5.92 Å². The van der Waals surface area contributed by atoms with Crippen molar-refractivity contribution < 1.29 is 14.7 Å². The van der Waals surface area contributed by atoms with Crippen LogP contribution in [-0.4, -0.2) is 46.6 Å². The van der Waals surface area contributed by atoms with Gasteiger partial charge in [-0.15, -0.1) is 0 Å². The molecule has 114 valence electrons. The van der Waals surface area contributed by atoms with Crippen LogP contribution in [-0.2, 0) is 11.2 Å². The first-order valence-corrected chi connectivity index (χ1v) is 7.28. The molecule has 0 radical (unpaired) electrons. The first kappa shape index (κ1) is 15.3. The summed E-state index contributed by atoms with van der Waals surface area (Å²) in [6.07, 6.45) is 6.02. The Morgan fingerprint density at radius 1 is 1.38 bits per heavy atom. The van der Waals surface area contributed by atoms with Crippen LogP contribution in [0.2, 0.25) is 0 Å². The van der Waals surface area contributed by atoms with Gasteiger partial charge >= 0.3 is 12.0 Å². The van der Waals surface area contributed by atoms with Crippen molar-refractivity contribution >= 4 is 12.0 Å². The normalized spacial score (nSPS) is 15.7. The highest BCUT2D eigenvalue weighted by Crippen LogP contribution is 2.20. The van der Waals surface area contributed by atoms with E-state index in [9.17, 15) is 9.59 Å². The summed E-state index contributed by atoms with van der Waals surface area (Å²) in [6, 6.07) is 3.80. The number of amides is 2. The predicted octanol–water partition coefficient (Wildman–Crippen LogP) is 1.52. The molecule has 0 aliphatic carbocycles. The molecule has 2 rings (SSSR count). The van der Waals surface area contributed by atoms with Gasteiger partial charge in [-0.1, -0.05) is 6.07 Å². The van der Waals surface area contributed by atoms with Gasteiger partial charge < -0.3 is 15.3 Å². The van der Waals surface area contributed by atoms with Crippen LogP contribution in [0, 0.1) is 5.92 Å². The molecule has 6 heteroatoms. The summed E-state index contributed by atoms with van der Waals surface area (Å²) in [5, 5.41) is 11.7. The molecule has 2 amide bonds. The molecule has 0 saturated carbocycles. The standard InChI is InChI=1S/C15H21N3O3/c19-14(20)10-12-4-8-18(9-5-12)15(21)17-7-3-13-2-1-6-16-11-13/h1-2,6,11-12H,3-5,7-10H2,(H,17,21)(H,19,20). The SMILES string of the molecule is O=C(O)CC1CCN(C(=O)NCCc2cccnc2)CC1. The Morgan fingerprint density at radius 3 is 2.76 bits per heavy atom. The Labute approximate surface area is 124 Å². The monoisotopic (exact) mass is 291 g/mol. The van der Waals surface area contributed by atoms with Crippen molar-refractivity contribution in [3.63, 3.8) is 0 Å². The zero-order valence-electron chi connectivity index (χ0n) is 12.0. The van der Waals surface area contributed by atoms with E-state index in [1.807, 2.05) is 12.1 Å².